The molecule has 0 spiro atoms. The van der Waals surface area contributed by atoms with Crippen molar-refractivity contribution < 1.29 is 13.2 Å². The van der Waals surface area contributed by atoms with E-state index in [4.69, 9.17) is 11.6 Å². The van der Waals surface area contributed by atoms with Crippen molar-refractivity contribution in [2.24, 2.45) is 0 Å². The molecule has 0 aliphatic heterocycles. The van der Waals surface area contributed by atoms with Gasteiger partial charge in [0.05, 0.1) is 10.6 Å². The molecule has 0 bridgehead atoms. The minimum absolute atomic E-state index is 0.112. The number of carbonyl (C=O) groups excluding carboxylic acids is 1. The van der Waals surface area contributed by atoms with Crippen molar-refractivity contribution in [3.8, 4) is 0 Å². The van der Waals surface area contributed by atoms with Crippen LogP contribution in [0.1, 0.15) is 5.56 Å². The zero-order valence-electron chi connectivity index (χ0n) is 15.0. The Balaban J connectivity index is 1.84. The van der Waals surface area contributed by atoms with Crippen molar-refractivity contribution in [3.05, 3.63) is 95.5 Å². The van der Waals surface area contributed by atoms with Crippen LogP contribution in [0.5, 0.6) is 0 Å². The highest BCUT2D eigenvalue weighted by molar-refractivity contribution is 7.92. The molecule has 1 N–H and O–H groups in total. The molecular formula is C21H19ClN2O3S. The summed E-state index contributed by atoms with van der Waals surface area (Å²) >= 11 is 5.92. The second-order valence-corrected chi connectivity index (χ2v) is 8.36. The van der Waals surface area contributed by atoms with Gasteiger partial charge in [0.2, 0.25) is 5.91 Å². The molecule has 0 aromatic heterocycles. The van der Waals surface area contributed by atoms with Crippen molar-refractivity contribution >= 4 is 33.2 Å². The van der Waals surface area contributed by atoms with Gasteiger partial charge in [-0.05, 0) is 42.0 Å². The van der Waals surface area contributed by atoms with Crippen molar-refractivity contribution in [2.75, 3.05) is 10.8 Å². The predicted octanol–water partition coefficient (Wildman–Crippen LogP) is 3.85. The summed E-state index contributed by atoms with van der Waals surface area (Å²) in [6, 6.07) is 23.8. The van der Waals surface area contributed by atoms with Crippen LogP contribution in [0.2, 0.25) is 5.02 Å². The molecule has 3 rings (SSSR count). The molecule has 0 unspecified atom stereocenters. The van der Waals surface area contributed by atoms with Gasteiger partial charge in [0.25, 0.3) is 10.0 Å². The van der Waals surface area contributed by atoms with E-state index in [1.165, 1.54) is 12.1 Å². The van der Waals surface area contributed by atoms with Crippen LogP contribution in [0.25, 0.3) is 0 Å². The van der Waals surface area contributed by atoms with E-state index in [1.807, 2.05) is 30.3 Å². The number of anilines is 1. The smallest absolute Gasteiger partial charge is 0.264 e. The third kappa shape index (κ3) is 4.91. The molecular weight excluding hydrogens is 396 g/mol. The molecule has 5 nitrogen and oxygen atoms in total. The third-order valence-electron chi connectivity index (χ3n) is 4.07. The topological polar surface area (TPSA) is 66.5 Å². The lowest BCUT2D eigenvalue weighted by atomic mass is 10.2. The summed E-state index contributed by atoms with van der Waals surface area (Å²) in [4.78, 5) is 12.6. The molecule has 0 fully saturated rings. The van der Waals surface area contributed by atoms with Crippen molar-refractivity contribution in [1.82, 2.24) is 5.32 Å². The number of sulfonamides is 1. The second-order valence-electron chi connectivity index (χ2n) is 6.06. The van der Waals surface area contributed by atoms with Gasteiger partial charge in [0.1, 0.15) is 6.54 Å². The summed E-state index contributed by atoms with van der Waals surface area (Å²) in [6.07, 6.45) is 0. The minimum atomic E-state index is -3.92. The van der Waals surface area contributed by atoms with Crippen LogP contribution < -0.4 is 9.62 Å². The first-order valence-electron chi connectivity index (χ1n) is 8.61. The van der Waals surface area contributed by atoms with Gasteiger partial charge in [-0.15, -0.1) is 0 Å². The largest absolute Gasteiger partial charge is 0.350 e. The lowest BCUT2D eigenvalue weighted by Gasteiger charge is -2.24. The van der Waals surface area contributed by atoms with Crippen LogP contribution in [-0.2, 0) is 21.4 Å². The summed E-state index contributed by atoms with van der Waals surface area (Å²) in [7, 11) is -3.92. The predicted molar refractivity (Wildman–Crippen MR) is 111 cm³/mol. The highest BCUT2D eigenvalue weighted by Gasteiger charge is 2.27. The van der Waals surface area contributed by atoms with Crippen LogP contribution in [0, 0.1) is 0 Å². The Morgan fingerprint density at radius 2 is 1.43 bits per heavy atom. The zero-order chi connectivity index (χ0) is 20.0. The number of hydrogen-bond acceptors (Lipinski definition) is 3. The highest BCUT2D eigenvalue weighted by Crippen LogP contribution is 2.25. The molecule has 0 radical (unpaired) electrons. The Bertz CT molecular complexity index is 1020. The number of halogens is 1. The van der Waals surface area contributed by atoms with Gasteiger partial charge >= 0.3 is 0 Å². The van der Waals surface area contributed by atoms with E-state index in [-0.39, 0.29) is 11.4 Å². The third-order valence-corrected chi connectivity index (χ3v) is 6.11. The number of nitrogens with one attached hydrogen (secondary N) is 1. The number of hydrogen-bond donors (Lipinski definition) is 1. The lowest BCUT2D eigenvalue weighted by Crippen LogP contribution is -2.40. The summed E-state index contributed by atoms with van der Waals surface area (Å²) in [6.45, 7) is -0.0226. The molecule has 1 amide bonds. The average molecular weight is 415 g/mol. The average Bonchev–Trinajstić information content (AvgIpc) is 2.72. The van der Waals surface area contributed by atoms with E-state index < -0.39 is 15.9 Å². The van der Waals surface area contributed by atoms with Gasteiger partial charge in [-0.3, -0.25) is 9.10 Å². The van der Waals surface area contributed by atoms with E-state index in [0.29, 0.717) is 17.3 Å². The molecule has 0 aliphatic rings. The number of amides is 1. The van der Waals surface area contributed by atoms with Crippen LogP contribution >= 0.6 is 11.6 Å². The van der Waals surface area contributed by atoms with E-state index in [2.05, 4.69) is 5.32 Å². The van der Waals surface area contributed by atoms with Crippen LogP contribution in [0.3, 0.4) is 0 Å². The normalized spacial score (nSPS) is 11.0. The zero-order valence-corrected chi connectivity index (χ0v) is 16.5. The van der Waals surface area contributed by atoms with Crippen molar-refractivity contribution in [1.29, 1.82) is 0 Å². The highest BCUT2D eigenvalue weighted by atomic mass is 35.5. The maximum atomic E-state index is 13.1. The molecule has 0 aliphatic carbocycles. The number of nitrogens with zero attached hydrogens (tertiary/aromatic N) is 1. The monoisotopic (exact) mass is 414 g/mol. The number of rotatable bonds is 7. The fraction of sp³-hybridized carbons (Fsp3) is 0.0952. The Morgan fingerprint density at radius 3 is 2.04 bits per heavy atom. The molecule has 28 heavy (non-hydrogen) atoms. The maximum absolute atomic E-state index is 13.1. The summed E-state index contributed by atoms with van der Waals surface area (Å²) in [5.74, 6) is -0.404. The van der Waals surface area contributed by atoms with Crippen molar-refractivity contribution in [2.45, 2.75) is 11.4 Å². The van der Waals surface area contributed by atoms with Crippen LogP contribution in [0.15, 0.2) is 89.8 Å². The minimum Gasteiger partial charge on any atom is -0.350 e. The van der Waals surface area contributed by atoms with Crippen LogP contribution in [-0.4, -0.2) is 20.9 Å². The Labute approximate surface area is 169 Å². The molecule has 144 valence electrons. The fourth-order valence-corrected chi connectivity index (χ4v) is 4.19. The molecule has 3 aromatic carbocycles. The first kappa shape index (κ1) is 19.9. The van der Waals surface area contributed by atoms with Gasteiger partial charge in [0.15, 0.2) is 0 Å². The standard InChI is InChI=1S/C21H19ClN2O3S/c22-18-11-13-19(14-12-18)24(28(26,27)20-9-5-2-6-10-20)16-21(25)23-15-17-7-3-1-4-8-17/h1-14H,15-16H2,(H,23,25). The van der Waals surface area contributed by atoms with Crippen LogP contribution in [0.4, 0.5) is 5.69 Å². The Morgan fingerprint density at radius 1 is 0.857 bits per heavy atom. The maximum Gasteiger partial charge on any atom is 0.264 e. The van der Waals surface area contributed by atoms with E-state index >= 15 is 0 Å². The fourth-order valence-electron chi connectivity index (χ4n) is 2.62. The van der Waals surface area contributed by atoms with E-state index in [1.54, 1.807) is 42.5 Å². The summed E-state index contributed by atoms with van der Waals surface area (Å²) in [5, 5.41) is 3.24. The number of benzene rings is 3. The summed E-state index contributed by atoms with van der Waals surface area (Å²) in [5.41, 5.74) is 1.29. The summed E-state index contributed by atoms with van der Waals surface area (Å²) < 4.78 is 27.4. The lowest BCUT2D eigenvalue weighted by molar-refractivity contribution is -0.119. The quantitative estimate of drug-likeness (QED) is 0.638. The molecule has 0 saturated heterocycles. The van der Waals surface area contributed by atoms with E-state index in [0.717, 1.165) is 9.87 Å². The van der Waals surface area contributed by atoms with Gasteiger partial charge < -0.3 is 5.32 Å². The Hall–Kier alpha value is -2.83. The van der Waals surface area contributed by atoms with Gasteiger partial charge in [0, 0.05) is 11.6 Å². The molecule has 0 heterocycles. The Kier molecular flexibility index (Phi) is 6.34. The van der Waals surface area contributed by atoms with Gasteiger partial charge in [-0.25, -0.2) is 8.42 Å². The molecule has 3 aromatic rings. The van der Waals surface area contributed by atoms with Gasteiger partial charge in [-0.1, -0.05) is 60.1 Å². The molecule has 0 saturated carbocycles. The second kappa shape index (κ2) is 8.91. The van der Waals surface area contributed by atoms with Gasteiger partial charge in [-0.2, -0.15) is 0 Å². The first-order chi connectivity index (χ1) is 13.5. The first-order valence-corrected chi connectivity index (χ1v) is 10.4. The van der Waals surface area contributed by atoms with Crippen molar-refractivity contribution in [3.63, 3.8) is 0 Å². The SMILES string of the molecule is O=C(CN(c1ccc(Cl)cc1)S(=O)(=O)c1ccccc1)NCc1ccccc1. The molecule has 0 atom stereocenters. The number of carbonyl (C=O) groups is 1. The molecule has 7 heteroatoms. The van der Waals surface area contributed by atoms with E-state index in [9.17, 15) is 13.2 Å².